The number of halogens is 1. The zero-order valence-corrected chi connectivity index (χ0v) is 29.7. The summed E-state index contributed by atoms with van der Waals surface area (Å²) in [5.41, 5.74) is 2.44. The number of imide groups is 2. The number of carbonyl (C=O) groups is 4. The molecule has 3 fully saturated rings. The highest BCUT2D eigenvalue weighted by Crippen LogP contribution is 2.65. The molecular formula is C42H37ClN2O7. The van der Waals surface area contributed by atoms with Crippen LogP contribution in [0.4, 0.5) is 11.4 Å². The molecule has 0 bridgehead atoms. The summed E-state index contributed by atoms with van der Waals surface area (Å²) in [5, 5.41) is 11.4. The third-order valence-electron chi connectivity index (χ3n) is 11.6. The van der Waals surface area contributed by atoms with Gasteiger partial charge in [0.2, 0.25) is 29.4 Å². The van der Waals surface area contributed by atoms with Gasteiger partial charge in [0.15, 0.2) is 11.5 Å². The van der Waals surface area contributed by atoms with Gasteiger partial charge in [-0.25, -0.2) is 4.90 Å². The molecular weight excluding hydrogens is 680 g/mol. The van der Waals surface area contributed by atoms with Crippen molar-refractivity contribution in [1.29, 1.82) is 0 Å². The second kappa shape index (κ2) is 12.7. The standard InChI is InChI=1S/C42H37ClN2O7/c1-4-23-13-15-27(16-14-23)44-38(47)30-18-17-29-31(35(30)40(44)49)22-32-39(48)45(28-12-8-11-26(43)21-28)41(50)42(32,25-9-6-5-7-10-25)36(29)24-19-33(51-2)37(46)34(20-24)52-3/h5-17,19-21,30-32,35-36,46H,4,18,22H2,1-3H3/t30-,31+,32-,35-,36-,42+/m0/s1. The van der Waals surface area contributed by atoms with E-state index in [4.69, 9.17) is 21.1 Å². The average molecular weight is 717 g/mol. The van der Waals surface area contributed by atoms with Crippen molar-refractivity contribution in [2.24, 2.45) is 23.7 Å². The minimum absolute atomic E-state index is 0.128. The summed E-state index contributed by atoms with van der Waals surface area (Å²) in [4.78, 5) is 61.6. The van der Waals surface area contributed by atoms with Crippen molar-refractivity contribution in [3.8, 4) is 17.2 Å². The third-order valence-corrected chi connectivity index (χ3v) is 11.8. The maximum Gasteiger partial charge on any atom is 0.246 e. The highest BCUT2D eigenvalue weighted by atomic mass is 35.5. The first-order valence-electron chi connectivity index (χ1n) is 17.5. The summed E-state index contributed by atoms with van der Waals surface area (Å²) in [5.74, 6) is -5.06. The molecule has 264 valence electrons. The van der Waals surface area contributed by atoms with E-state index >= 15 is 4.79 Å². The van der Waals surface area contributed by atoms with Gasteiger partial charge >= 0.3 is 0 Å². The van der Waals surface area contributed by atoms with Crippen LogP contribution in [0.15, 0.2) is 103 Å². The van der Waals surface area contributed by atoms with Crippen molar-refractivity contribution in [2.45, 2.75) is 37.5 Å². The Bertz CT molecular complexity index is 2140. The van der Waals surface area contributed by atoms with Gasteiger partial charge in [0.1, 0.15) is 0 Å². The average Bonchev–Trinajstić information content (AvgIpc) is 3.56. The van der Waals surface area contributed by atoms with Crippen LogP contribution in [0.5, 0.6) is 17.2 Å². The molecule has 0 aromatic heterocycles. The zero-order chi connectivity index (χ0) is 36.5. The molecule has 10 heteroatoms. The minimum atomic E-state index is -1.48. The number of allylic oxidation sites excluding steroid dienone is 2. The Kier molecular flexibility index (Phi) is 8.21. The second-order valence-corrected chi connectivity index (χ2v) is 14.3. The molecule has 0 spiro atoms. The van der Waals surface area contributed by atoms with Crippen LogP contribution in [0, 0.1) is 23.7 Å². The summed E-state index contributed by atoms with van der Waals surface area (Å²) in [7, 11) is 2.86. The van der Waals surface area contributed by atoms with Gasteiger partial charge in [-0.05, 0) is 84.3 Å². The Morgan fingerprint density at radius 1 is 0.788 bits per heavy atom. The Hall–Kier alpha value is -5.41. The van der Waals surface area contributed by atoms with E-state index in [-0.39, 0.29) is 41.9 Å². The molecule has 4 aromatic carbocycles. The first-order valence-corrected chi connectivity index (χ1v) is 17.8. The molecule has 2 heterocycles. The van der Waals surface area contributed by atoms with Gasteiger partial charge in [-0.15, -0.1) is 0 Å². The lowest BCUT2D eigenvalue weighted by Gasteiger charge is -2.50. The first kappa shape index (κ1) is 33.7. The number of fused-ring (bicyclic) bond motifs is 4. The van der Waals surface area contributed by atoms with E-state index in [1.54, 1.807) is 48.5 Å². The number of rotatable bonds is 7. The fourth-order valence-corrected chi connectivity index (χ4v) is 9.52. The SMILES string of the molecule is CCc1ccc(N2C(=O)[C@H]3[C@H](CC=C4[C@H]3C[C@H]3C(=O)N(c5cccc(Cl)c5)C(=O)[C@@]3(c3ccccc3)[C@H]4c3cc(OC)c(O)c(OC)c3)C2=O)cc1. The highest BCUT2D eigenvalue weighted by Gasteiger charge is 2.70. The van der Waals surface area contributed by atoms with Crippen molar-refractivity contribution >= 4 is 46.6 Å². The molecule has 8 rings (SSSR count). The molecule has 0 radical (unpaired) electrons. The van der Waals surface area contributed by atoms with E-state index in [2.05, 4.69) is 0 Å². The number of phenolic OH excluding ortho intramolecular Hbond substituents is 1. The molecule has 2 saturated heterocycles. The van der Waals surface area contributed by atoms with Gasteiger partial charge in [-0.1, -0.05) is 78.7 Å². The van der Waals surface area contributed by atoms with Crippen molar-refractivity contribution in [3.05, 3.63) is 124 Å². The van der Waals surface area contributed by atoms with Gasteiger partial charge in [0.25, 0.3) is 0 Å². The quantitative estimate of drug-likeness (QED) is 0.162. The maximum absolute atomic E-state index is 15.4. The van der Waals surface area contributed by atoms with Crippen LogP contribution < -0.4 is 19.3 Å². The van der Waals surface area contributed by atoms with Crippen LogP contribution in [0.1, 0.15) is 42.4 Å². The molecule has 1 N–H and O–H groups in total. The van der Waals surface area contributed by atoms with Crippen molar-refractivity contribution in [3.63, 3.8) is 0 Å². The third kappa shape index (κ3) is 4.75. The molecule has 1 saturated carbocycles. The predicted molar refractivity (Wildman–Crippen MR) is 196 cm³/mol. The Morgan fingerprint density at radius 3 is 2.12 bits per heavy atom. The van der Waals surface area contributed by atoms with Crippen molar-refractivity contribution < 1.29 is 33.8 Å². The summed E-state index contributed by atoms with van der Waals surface area (Å²) in [6.07, 6.45) is 3.26. The lowest BCUT2D eigenvalue weighted by Crippen LogP contribution is -2.53. The van der Waals surface area contributed by atoms with Crippen LogP contribution in [0.3, 0.4) is 0 Å². The Morgan fingerprint density at radius 2 is 1.48 bits per heavy atom. The fourth-order valence-electron chi connectivity index (χ4n) is 9.33. The normalized spacial score (nSPS) is 26.5. The van der Waals surface area contributed by atoms with E-state index in [0.717, 1.165) is 17.6 Å². The monoisotopic (exact) mass is 716 g/mol. The van der Waals surface area contributed by atoms with E-state index < -0.39 is 46.8 Å². The smallest absolute Gasteiger partial charge is 0.246 e. The van der Waals surface area contributed by atoms with Crippen LogP contribution in [0.25, 0.3) is 0 Å². The maximum atomic E-state index is 15.4. The molecule has 4 amide bonds. The van der Waals surface area contributed by atoms with Gasteiger partial charge in [0.05, 0.1) is 48.8 Å². The number of benzene rings is 4. The molecule has 4 aromatic rings. The summed E-state index contributed by atoms with van der Waals surface area (Å²) in [6.45, 7) is 2.04. The van der Waals surface area contributed by atoms with Crippen molar-refractivity contribution in [1.82, 2.24) is 0 Å². The summed E-state index contributed by atoms with van der Waals surface area (Å²) in [6, 6.07) is 26.7. The number of methoxy groups -OCH3 is 2. The van der Waals surface area contributed by atoms with Crippen LogP contribution >= 0.6 is 11.6 Å². The van der Waals surface area contributed by atoms with Crippen molar-refractivity contribution in [2.75, 3.05) is 24.0 Å². The fraction of sp³-hybridized carbons (Fsp3) is 0.286. The summed E-state index contributed by atoms with van der Waals surface area (Å²) >= 11 is 6.42. The van der Waals surface area contributed by atoms with Gasteiger partial charge in [0, 0.05) is 10.9 Å². The molecule has 9 nitrogen and oxygen atoms in total. The lowest BCUT2D eigenvalue weighted by molar-refractivity contribution is -0.127. The molecule has 52 heavy (non-hydrogen) atoms. The number of phenols is 1. The van der Waals surface area contributed by atoms with Gasteiger partial charge in [-0.3, -0.25) is 24.1 Å². The molecule has 0 unspecified atom stereocenters. The molecule has 4 aliphatic rings. The van der Waals surface area contributed by atoms with Crippen LogP contribution in [0.2, 0.25) is 5.02 Å². The minimum Gasteiger partial charge on any atom is -0.502 e. The second-order valence-electron chi connectivity index (χ2n) is 13.9. The Balaban J connectivity index is 1.36. The highest BCUT2D eigenvalue weighted by molar-refractivity contribution is 6.32. The number of hydrogen-bond donors (Lipinski definition) is 1. The number of nitrogens with zero attached hydrogens (tertiary/aromatic N) is 2. The lowest BCUT2D eigenvalue weighted by atomic mass is 9.49. The number of aromatic hydroxyl groups is 1. The largest absolute Gasteiger partial charge is 0.502 e. The zero-order valence-electron chi connectivity index (χ0n) is 28.9. The number of amides is 4. The number of aryl methyl sites for hydroxylation is 1. The number of hydrogen-bond acceptors (Lipinski definition) is 7. The molecule has 2 aliphatic carbocycles. The van der Waals surface area contributed by atoms with E-state index in [1.807, 2.05) is 55.5 Å². The first-order chi connectivity index (χ1) is 25.1. The number of carbonyl (C=O) groups excluding carboxylic acids is 4. The van der Waals surface area contributed by atoms with Gasteiger partial charge in [-0.2, -0.15) is 0 Å². The van der Waals surface area contributed by atoms with E-state index in [0.29, 0.717) is 27.5 Å². The van der Waals surface area contributed by atoms with Crippen LogP contribution in [-0.4, -0.2) is 43.0 Å². The van der Waals surface area contributed by atoms with E-state index in [9.17, 15) is 19.5 Å². The van der Waals surface area contributed by atoms with E-state index in [1.165, 1.54) is 24.0 Å². The van der Waals surface area contributed by atoms with Crippen LogP contribution in [-0.2, 0) is 31.0 Å². The molecule has 6 atom stereocenters. The Labute approximate surface area is 306 Å². The summed E-state index contributed by atoms with van der Waals surface area (Å²) < 4.78 is 11.2. The number of ether oxygens (including phenoxy) is 2. The molecule has 2 aliphatic heterocycles. The predicted octanol–water partition coefficient (Wildman–Crippen LogP) is 6.99. The van der Waals surface area contributed by atoms with Gasteiger partial charge < -0.3 is 14.6 Å². The number of anilines is 2. The topological polar surface area (TPSA) is 113 Å².